The molecule has 0 atom stereocenters. The fourth-order valence-corrected chi connectivity index (χ4v) is 2.64. The van der Waals surface area contributed by atoms with Gasteiger partial charge in [-0.25, -0.2) is 0 Å². The van der Waals surface area contributed by atoms with Gasteiger partial charge in [0.05, 0.1) is 5.54 Å². The first-order valence-electron chi connectivity index (χ1n) is 6.08. The molecule has 0 aromatic carbocycles. The van der Waals surface area contributed by atoms with Gasteiger partial charge in [-0.05, 0) is 61.4 Å². The van der Waals surface area contributed by atoms with Crippen LogP contribution in [0.15, 0.2) is 0 Å². The van der Waals surface area contributed by atoms with Crippen molar-refractivity contribution in [3.63, 3.8) is 0 Å². The Morgan fingerprint density at radius 3 is 2.12 bits per heavy atom. The molecule has 1 N–H and O–H groups in total. The van der Waals surface area contributed by atoms with E-state index in [1.165, 1.54) is 0 Å². The third-order valence-corrected chi connectivity index (χ3v) is 3.32. The number of amides is 1. The number of hydrogen-bond donors (Lipinski definition) is 1. The molecule has 94 valence electrons. The second-order valence-electron chi connectivity index (χ2n) is 6.93. The number of nitrogens with one attached hydrogen (secondary N) is 1. The summed E-state index contributed by atoms with van der Waals surface area (Å²) in [5, 5.41) is 3.34. The van der Waals surface area contributed by atoms with Gasteiger partial charge < -0.3 is 10.2 Å². The van der Waals surface area contributed by atoms with Gasteiger partial charge >= 0.3 is 0 Å². The normalized spacial score (nSPS) is 25.4. The summed E-state index contributed by atoms with van der Waals surface area (Å²) in [6.07, 6.45) is 0.986. The van der Waals surface area contributed by atoms with Crippen LogP contribution in [0.25, 0.3) is 0 Å². The fraction of sp³-hybridized carbons (Fsp3) is 0.923. The molecule has 0 bridgehead atoms. The third-order valence-electron chi connectivity index (χ3n) is 3.32. The molecule has 1 aliphatic heterocycles. The number of rotatable bonds is 0. The van der Waals surface area contributed by atoms with Crippen LogP contribution in [0.5, 0.6) is 0 Å². The Kier molecular flexibility index (Phi) is 3.14. The SMILES string of the molecule is CC1(C)NCCC(C)(C)N(C(C)(C)C)C1=O. The third kappa shape index (κ3) is 2.40. The lowest BCUT2D eigenvalue weighted by molar-refractivity contribution is -0.147. The van der Waals surface area contributed by atoms with Gasteiger partial charge in [0.1, 0.15) is 0 Å². The number of carbonyl (C=O) groups is 1. The van der Waals surface area contributed by atoms with Gasteiger partial charge in [-0.3, -0.25) is 4.79 Å². The van der Waals surface area contributed by atoms with Crippen molar-refractivity contribution in [2.75, 3.05) is 6.54 Å². The van der Waals surface area contributed by atoms with Gasteiger partial charge in [-0.15, -0.1) is 0 Å². The van der Waals surface area contributed by atoms with Gasteiger partial charge in [0, 0.05) is 11.1 Å². The van der Waals surface area contributed by atoms with E-state index in [0.29, 0.717) is 0 Å². The first-order chi connectivity index (χ1) is 6.98. The van der Waals surface area contributed by atoms with Crippen LogP contribution in [0.1, 0.15) is 54.9 Å². The molecule has 3 heteroatoms. The fourth-order valence-electron chi connectivity index (χ4n) is 2.64. The van der Waals surface area contributed by atoms with Gasteiger partial charge in [0.15, 0.2) is 0 Å². The molecule has 0 saturated carbocycles. The zero-order valence-corrected chi connectivity index (χ0v) is 11.8. The lowest BCUT2D eigenvalue weighted by atomic mass is 9.90. The van der Waals surface area contributed by atoms with Crippen LogP contribution in [0, 0.1) is 0 Å². The van der Waals surface area contributed by atoms with E-state index in [1.54, 1.807) is 0 Å². The lowest BCUT2D eigenvalue weighted by Gasteiger charge is -2.48. The van der Waals surface area contributed by atoms with E-state index in [2.05, 4.69) is 39.9 Å². The predicted molar refractivity (Wildman–Crippen MR) is 67.4 cm³/mol. The summed E-state index contributed by atoms with van der Waals surface area (Å²) in [4.78, 5) is 14.6. The average Bonchev–Trinajstić information content (AvgIpc) is 2.05. The Morgan fingerprint density at radius 2 is 1.69 bits per heavy atom. The van der Waals surface area contributed by atoms with Crippen LogP contribution >= 0.6 is 0 Å². The molecule has 1 rings (SSSR count). The summed E-state index contributed by atoms with van der Waals surface area (Å²) in [5.74, 6) is 0.197. The van der Waals surface area contributed by atoms with E-state index in [1.807, 2.05) is 18.7 Å². The van der Waals surface area contributed by atoms with E-state index >= 15 is 0 Å². The Balaban J connectivity index is 3.19. The molecule has 0 radical (unpaired) electrons. The average molecular weight is 226 g/mol. The van der Waals surface area contributed by atoms with E-state index < -0.39 is 5.54 Å². The molecule has 1 aliphatic rings. The zero-order chi connectivity index (χ0) is 12.8. The van der Waals surface area contributed by atoms with Crippen molar-refractivity contribution < 1.29 is 4.79 Å². The van der Waals surface area contributed by atoms with Crippen molar-refractivity contribution in [1.82, 2.24) is 10.2 Å². The molecule has 1 heterocycles. The first-order valence-corrected chi connectivity index (χ1v) is 6.08. The molecule has 0 aliphatic carbocycles. The summed E-state index contributed by atoms with van der Waals surface area (Å²) in [6.45, 7) is 15.4. The monoisotopic (exact) mass is 226 g/mol. The summed E-state index contributed by atoms with van der Waals surface area (Å²) in [6, 6.07) is 0. The smallest absolute Gasteiger partial charge is 0.243 e. The van der Waals surface area contributed by atoms with Gasteiger partial charge in [0.25, 0.3) is 0 Å². The molecule has 1 saturated heterocycles. The Bertz CT molecular complexity index is 287. The van der Waals surface area contributed by atoms with Crippen LogP contribution in [0.2, 0.25) is 0 Å². The zero-order valence-electron chi connectivity index (χ0n) is 11.8. The molecule has 0 aromatic heterocycles. The minimum atomic E-state index is -0.457. The lowest BCUT2D eigenvalue weighted by Crippen LogP contribution is -2.62. The minimum Gasteiger partial charge on any atom is -0.331 e. The molecule has 3 nitrogen and oxygen atoms in total. The topological polar surface area (TPSA) is 32.3 Å². The molecule has 0 unspecified atom stereocenters. The van der Waals surface area contributed by atoms with Crippen LogP contribution in [0.4, 0.5) is 0 Å². The first kappa shape index (κ1) is 13.5. The predicted octanol–water partition coefficient (Wildman–Crippen LogP) is 2.16. The molecule has 0 spiro atoms. The summed E-state index contributed by atoms with van der Waals surface area (Å²) >= 11 is 0. The minimum absolute atomic E-state index is 0.0872. The second-order valence-corrected chi connectivity index (χ2v) is 6.93. The van der Waals surface area contributed by atoms with Crippen molar-refractivity contribution in [1.29, 1.82) is 0 Å². The van der Waals surface area contributed by atoms with Gasteiger partial charge in [-0.2, -0.15) is 0 Å². The van der Waals surface area contributed by atoms with Crippen LogP contribution in [-0.4, -0.2) is 34.0 Å². The van der Waals surface area contributed by atoms with E-state index in [4.69, 9.17) is 0 Å². The quantitative estimate of drug-likeness (QED) is 0.686. The molecule has 1 amide bonds. The summed E-state index contributed by atoms with van der Waals surface area (Å²) < 4.78 is 0. The maximum absolute atomic E-state index is 12.6. The van der Waals surface area contributed by atoms with Crippen LogP contribution in [0.3, 0.4) is 0 Å². The molecule has 0 aromatic rings. The number of hydrogen-bond acceptors (Lipinski definition) is 2. The highest BCUT2D eigenvalue weighted by atomic mass is 16.2. The highest BCUT2D eigenvalue weighted by Gasteiger charge is 2.46. The van der Waals surface area contributed by atoms with Gasteiger partial charge in [-0.1, -0.05) is 0 Å². The summed E-state index contributed by atoms with van der Waals surface area (Å²) in [7, 11) is 0. The standard InChI is InChI=1S/C13H26N2O/c1-11(2,3)15-10(16)13(6,7)14-9-8-12(15,4)5/h14H,8-9H2,1-7H3. The van der Waals surface area contributed by atoms with Crippen molar-refractivity contribution in [3.05, 3.63) is 0 Å². The molecular weight excluding hydrogens is 200 g/mol. The van der Waals surface area contributed by atoms with Crippen molar-refractivity contribution in [2.45, 2.75) is 71.5 Å². The molecule has 16 heavy (non-hydrogen) atoms. The Hall–Kier alpha value is -0.570. The highest BCUT2D eigenvalue weighted by Crippen LogP contribution is 2.32. The van der Waals surface area contributed by atoms with Crippen molar-refractivity contribution in [3.8, 4) is 0 Å². The van der Waals surface area contributed by atoms with E-state index in [-0.39, 0.29) is 17.0 Å². The van der Waals surface area contributed by atoms with Gasteiger partial charge in [0.2, 0.25) is 5.91 Å². The molecular formula is C13H26N2O. The maximum Gasteiger partial charge on any atom is 0.243 e. The van der Waals surface area contributed by atoms with Crippen LogP contribution < -0.4 is 5.32 Å². The maximum atomic E-state index is 12.6. The van der Waals surface area contributed by atoms with Crippen molar-refractivity contribution >= 4 is 5.91 Å². The Morgan fingerprint density at radius 1 is 1.19 bits per heavy atom. The molecule has 1 fully saturated rings. The summed E-state index contributed by atoms with van der Waals surface area (Å²) in [5.41, 5.74) is -0.680. The van der Waals surface area contributed by atoms with Crippen LogP contribution in [-0.2, 0) is 4.79 Å². The van der Waals surface area contributed by atoms with E-state index in [0.717, 1.165) is 13.0 Å². The highest BCUT2D eigenvalue weighted by molar-refractivity contribution is 5.87. The number of carbonyl (C=O) groups excluding carboxylic acids is 1. The van der Waals surface area contributed by atoms with E-state index in [9.17, 15) is 4.79 Å². The van der Waals surface area contributed by atoms with Crippen molar-refractivity contribution in [2.24, 2.45) is 0 Å². The Labute approximate surface area is 99.6 Å². The number of nitrogens with zero attached hydrogens (tertiary/aromatic N) is 1. The second kappa shape index (κ2) is 3.73. The largest absolute Gasteiger partial charge is 0.331 e.